The minimum atomic E-state index is -4.26. The Morgan fingerprint density at radius 2 is 1.88 bits per heavy atom. The van der Waals surface area contributed by atoms with Crippen molar-refractivity contribution < 1.29 is 22.7 Å². The van der Waals surface area contributed by atoms with Gasteiger partial charge in [-0.25, -0.2) is 17.5 Å². The molecule has 0 unspecified atom stereocenters. The van der Waals surface area contributed by atoms with Crippen LogP contribution in [-0.4, -0.2) is 19.5 Å². The van der Waals surface area contributed by atoms with Crippen LogP contribution < -0.4 is 4.72 Å². The number of nitrogens with one attached hydrogen (secondary N) is 1. The molecular formula is C16H15ClFNO4S. The van der Waals surface area contributed by atoms with Crippen molar-refractivity contribution in [3.05, 3.63) is 64.4 Å². The highest BCUT2D eigenvalue weighted by Crippen LogP contribution is 2.24. The van der Waals surface area contributed by atoms with Crippen LogP contribution in [0, 0.1) is 12.7 Å². The number of benzene rings is 2. The molecule has 5 nitrogen and oxygen atoms in total. The first-order chi connectivity index (χ1) is 11.2. The lowest BCUT2D eigenvalue weighted by Gasteiger charge is -2.18. The molecule has 0 aliphatic heterocycles. The van der Waals surface area contributed by atoms with E-state index in [1.54, 1.807) is 24.3 Å². The van der Waals surface area contributed by atoms with Crippen LogP contribution in [-0.2, 0) is 14.8 Å². The Balaban J connectivity index is 2.37. The van der Waals surface area contributed by atoms with Gasteiger partial charge in [0.2, 0.25) is 10.0 Å². The Hall–Kier alpha value is -1.96. The number of aryl methyl sites for hydroxylation is 1. The first-order valence-electron chi connectivity index (χ1n) is 6.95. The number of hydrogen-bond acceptors (Lipinski definition) is 3. The van der Waals surface area contributed by atoms with Crippen molar-refractivity contribution >= 4 is 27.6 Å². The molecular weight excluding hydrogens is 357 g/mol. The monoisotopic (exact) mass is 371 g/mol. The minimum Gasteiger partial charge on any atom is -0.481 e. The van der Waals surface area contributed by atoms with Crippen LogP contribution in [0.5, 0.6) is 0 Å². The van der Waals surface area contributed by atoms with Gasteiger partial charge in [-0.2, -0.15) is 0 Å². The van der Waals surface area contributed by atoms with Crippen LogP contribution >= 0.6 is 11.6 Å². The van der Waals surface area contributed by atoms with Crippen LogP contribution in [0.3, 0.4) is 0 Å². The number of sulfonamides is 1. The predicted molar refractivity (Wildman–Crippen MR) is 87.9 cm³/mol. The lowest BCUT2D eigenvalue weighted by atomic mass is 10.0. The van der Waals surface area contributed by atoms with Gasteiger partial charge < -0.3 is 5.11 Å². The molecule has 2 rings (SSSR count). The summed E-state index contributed by atoms with van der Waals surface area (Å²) in [7, 11) is -4.26. The molecule has 0 spiro atoms. The van der Waals surface area contributed by atoms with Crippen LogP contribution in [0.15, 0.2) is 47.4 Å². The van der Waals surface area contributed by atoms with Gasteiger partial charge in [-0.15, -0.1) is 0 Å². The first-order valence-corrected chi connectivity index (χ1v) is 8.81. The largest absolute Gasteiger partial charge is 0.481 e. The molecule has 8 heteroatoms. The summed E-state index contributed by atoms with van der Waals surface area (Å²) in [6.07, 6.45) is -0.475. The molecule has 0 saturated carbocycles. The number of carbonyl (C=O) groups is 1. The summed E-state index contributed by atoms with van der Waals surface area (Å²) >= 11 is 5.62. The zero-order valence-corrected chi connectivity index (χ0v) is 14.2. The number of aliphatic carboxylic acids is 1. The highest BCUT2D eigenvalue weighted by Gasteiger charge is 2.26. The molecule has 0 radical (unpaired) electrons. The molecule has 2 aromatic rings. The zero-order chi connectivity index (χ0) is 17.9. The van der Waals surface area contributed by atoms with E-state index >= 15 is 0 Å². The predicted octanol–water partition coefficient (Wildman–Crippen LogP) is 3.28. The first kappa shape index (κ1) is 18.4. The highest BCUT2D eigenvalue weighted by molar-refractivity contribution is 7.89. The summed E-state index contributed by atoms with van der Waals surface area (Å²) in [4.78, 5) is 10.5. The van der Waals surface area contributed by atoms with Crippen LogP contribution in [0.4, 0.5) is 4.39 Å². The summed E-state index contributed by atoms with van der Waals surface area (Å²) in [5.74, 6) is -2.19. The molecule has 0 fully saturated rings. The second-order valence-corrected chi connectivity index (χ2v) is 7.38. The summed E-state index contributed by atoms with van der Waals surface area (Å²) in [5.41, 5.74) is 1.42. The Kier molecular flexibility index (Phi) is 5.58. The quantitative estimate of drug-likeness (QED) is 0.816. The summed E-state index contributed by atoms with van der Waals surface area (Å²) < 4.78 is 41.0. The molecule has 0 heterocycles. The number of rotatable bonds is 6. The topological polar surface area (TPSA) is 83.5 Å². The second-order valence-electron chi connectivity index (χ2n) is 5.26. The van der Waals surface area contributed by atoms with E-state index in [1.807, 2.05) is 6.92 Å². The number of carboxylic acid groups (broad SMARTS) is 1. The van der Waals surface area contributed by atoms with E-state index in [0.29, 0.717) is 5.56 Å². The van der Waals surface area contributed by atoms with Crippen molar-refractivity contribution in [2.24, 2.45) is 0 Å². The third-order valence-electron chi connectivity index (χ3n) is 3.34. The molecule has 2 aromatic carbocycles. The summed E-state index contributed by atoms with van der Waals surface area (Å²) in [6.45, 7) is 1.85. The van der Waals surface area contributed by atoms with E-state index in [1.165, 1.54) is 6.07 Å². The lowest BCUT2D eigenvalue weighted by Crippen LogP contribution is -2.30. The van der Waals surface area contributed by atoms with Crippen molar-refractivity contribution in [1.82, 2.24) is 4.72 Å². The van der Waals surface area contributed by atoms with Gasteiger partial charge in [0.15, 0.2) is 0 Å². The van der Waals surface area contributed by atoms with Crippen molar-refractivity contribution in [2.75, 3.05) is 0 Å². The van der Waals surface area contributed by atoms with Crippen LogP contribution in [0.1, 0.15) is 23.6 Å². The molecule has 0 bridgehead atoms. The lowest BCUT2D eigenvalue weighted by molar-refractivity contribution is -0.137. The van der Waals surface area contributed by atoms with E-state index in [-0.39, 0.29) is 5.02 Å². The van der Waals surface area contributed by atoms with E-state index < -0.39 is 39.2 Å². The molecule has 2 N–H and O–H groups in total. The smallest absolute Gasteiger partial charge is 0.305 e. The highest BCUT2D eigenvalue weighted by atomic mass is 35.5. The molecule has 128 valence electrons. The number of carboxylic acids is 1. The van der Waals surface area contributed by atoms with Gasteiger partial charge in [0.05, 0.1) is 12.5 Å². The molecule has 0 amide bonds. The summed E-state index contributed by atoms with van der Waals surface area (Å²) in [5, 5.41) is 9.09. The summed E-state index contributed by atoms with van der Waals surface area (Å²) in [6, 6.07) is 8.87. The molecule has 24 heavy (non-hydrogen) atoms. The van der Waals surface area contributed by atoms with Crippen LogP contribution in [0.2, 0.25) is 5.02 Å². The standard InChI is InChI=1S/C16H15ClFNO4S/c1-10-2-4-11(5-3-10)14(9-16(20)21)19-24(22,23)15-7-6-12(17)8-13(15)18/h2-8,14,19H,9H2,1H3,(H,20,21)/t14-/m0/s1. The molecule has 0 aliphatic rings. The van der Waals surface area contributed by atoms with Crippen LogP contribution in [0.25, 0.3) is 0 Å². The Labute approximate surface area is 144 Å². The Bertz CT molecular complexity index is 853. The van der Waals surface area contributed by atoms with E-state index in [9.17, 15) is 17.6 Å². The SMILES string of the molecule is Cc1ccc([C@H](CC(=O)O)NS(=O)(=O)c2ccc(Cl)cc2F)cc1. The zero-order valence-electron chi connectivity index (χ0n) is 12.7. The maximum Gasteiger partial charge on any atom is 0.305 e. The van der Waals surface area contributed by atoms with Gasteiger partial charge in [-0.3, -0.25) is 4.79 Å². The van der Waals surface area contributed by atoms with Gasteiger partial charge in [-0.1, -0.05) is 41.4 Å². The van der Waals surface area contributed by atoms with Crippen molar-refractivity contribution in [3.63, 3.8) is 0 Å². The fourth-order valence-corrected chi connectivity index (χ4v) is 3.59. The fourth-order valence-electron chi connectivity index (χ4n) is 2.14. The third kappa shape index (κ3) is 4.53. The molecule has 1 atom stereocenters. The van der Waals surface area contributed by atoms with E-state index in [2.05, 4.69) is 4.72 Å². The van der Waals surface area contributed by atoms with E-state index in [0.717, 1.165) is 17.7 Å². The second kappa shape index (κ2) is 7.29. The fraction of sp³-hybridized carbons (Fsp3) is 0.188. The van der Waals surface area contributed by atoms with Gasteiger partial charge >= 0.3 is 5.97 Å². The number of halogens is 2. The minimum absolute atomic E-state index is 0.0621. The van der Waals surface area contributed by atoms with Crippen molar-refractivity contribution in [3.8, 4) is 0 Å². The third-order valence-corrected chi connectivity index (χ3v) is 5.08. The van der Waals surface area contributed by atoms with Crippen molar-refractivity contribution in [2.45, 2.75) is 24.3 Å². The average Bonchev–Trinajstić information content (AvgIpc) is 2.46. The maximum atomic E-state index is 13.9. The molecule has 0 aliphatic carbocycles. The normalized spacial score (nSPS) is 12.8. The Morgan fingerprint density at radius 3 is 2.42 bits per heavy atom. The number of hydrogen-bond donors (Lipinski definition) is 2. The van der Waals surface area contributed by atoms with Gasteiger partial charge in [0, 0.05) is 5.02 Å². The van der Waals surface area contributed by atoms with E-state index in [4.69, 9.17) is 16.7 Å². The molecule has 0 aromatic heterocycles. The van der Waals surface area contributed by atoms with Gasteiger partial charge in [-0.05, 0) is 30.7 Å². The Morgan fingerprint density at radius 1 is 1.25 bits per heavy atom. The van der Waals surface area contributed by atoms with Gasteiger partial charge in [0.1, 0.15) is 10.7 Å². The maximum absolute atomic E-state index is 13.9. The van der Waals surface area contributed by atoms with Crippen molar-refractivity contribution in [1.29, 1.82) is 0 Å². The molecule has 0 saturated heterocycles. The van der Waals surface area contributed by atoms with Gasteiger partial charge in [0.25, 0.3) is 0 Å². The average molecular weight is 372 g/mol.